The number of nitrogens with one attached hydrogen (secondary N) is 2. The quantitative estimate of drug-likeness (QED) is 0.613. The van der Waals surface area contributed by atoms with Gasteiger partial charge in [0.05, 0.1) is 13.1 Å². The summed E-state index contributed by atoms with van der Waals surface area (Å²) in [5, 5.41) is 15.5. The fourth-order valence-corrected chi connectivity index (χ4v) is 2.14. The van der Waals surface area contributed by atoms with Crippen LogP contribution in [0.3, 0.4) is 0 Å². The van der Waals surface area contributed by atoms with Crippen LogP contribution in [0.15, 0.2) is 24.3 Å². The number of carbonyl (C=O) groups is 2. The predicted octanol–water partition coefficient (Wildman–Crippen LogP) is 2.19. The van der Waals surface area contributed by atoms with Crippen LogP contribution in [0.2, 0.25) is 0 Å². The van der Waals surface area contributed by atoms with Crippen molar-refractivity contribution in [2.45, 2.75) is 65.1 Å². The molecule has 0 aromatic heterocycles. The summed E-state index contributed by atoms with van der Waals surface area (Å²) in [6, 6.07) is 5.99. The number of ketones is 1. The number of carbonyl (C=O) groups excluding carboxylic acids is 2. The molecule has 1 atom stereocenters. The Bertz CT molecular complexity index is 598. The van der Waals surface area contributed by atoms with Gasteiger partial charge in [-0.15, -0.1) is 0 Å². The zero-order chi connectivity index (χ0) is 20.0. The molecule has 1 rings (SSSR count). The fourth-order valence-electron chi connectivity index (χ4n) is 2.14. The Labute approximate surface area is 156 Å². The Morgan fingerprint density at radius 3 is 2.12 bits per heavy atom. The molecule has 0 spiro atoms. The molecular weight excluding hydrogens is 332 g/mol. The summed E-state index contributed by atoms with van der Waals surface area (Å²) in [7, 11) is 0. The minimum atomic E-state index is -0.641. The molecule has 6 nitrogen and oxygen atoms in total. The monoisotopic (exact) mass is 364 g/mol. The molecule has 146 valence electrons. The lowest BCUT2D eigenvalue weighted by atomic mass is 10.0. The summed E-state index contributed by atoms with van der Waals surface area (Å²) < 4.78 is 5.46. The average Bonchev–Trinajstić information content (AvgIpc) is 2.48. The zero-order valence-electron chi connectivity index (χ0n) is 16.7. The SMILES string of the molecule is CC(C)(C)NCC(=O)CN[C@@H](Cc1ccc(O)cc1)C(=O)OC(C)(C)C. The number of phenols is 1. The molecule has 0 aliphatic heterocycles. The van der Waals surface area contributed by atoms with Gasteiger partial charge in [-0.3, -0.25) is 14.9 Å². The third-order valence-electron chi connectivity index (χ3n) is 3.43. The van der Waals surface area contributed by atoms with Crippen LogP contribution in [0.4, 0.5) is 0 Å². The van der Waals surface area contributed by atoms with E-state index < -0.39 is 17.6 Å². The second kappa shape index (κ2) is 9.14. The van der Waals surface area contributed by atoms with Gasteiger partial charge in [0, 0.05) is 5.54 Å². The smallest absolute Gasteiger partial charge is 0.324 e. The van der Waals surface area contributed by atoms with Crippen LogP contribution in [0, 0.1) is 0 Å². The van der Waals surface area contributed by atoms with E-state index in [9.17, 15) is 14.7 Å². The summed E-state index contributed by atoms with van der Waals surface area (Å²) in [5.41, 5.74) is 0.113. The van der Waals surface area contributed by atoms with Crippen LogP contribution in [-0.2, 0) is 20.7 Å². The Morgan fingerprint density at radius 1 is 1.04 bits per heavy atom. The summed E-state index contributed by atoms with van der Waals surface area (Å²) in [6.45, 7) is 11.7. The van der Waals surface area contributed by atoms with Crippen LogP contribution in [0.5, 0.6) is 5.75 Å². The third-order valence-corrected chi connectivity index (χ3v) is 3.43. The first-order valence-corrected chi connectivity index (χ1v) is 8.86. The van der Waals surface area contributed by atoms with E-state index >= 15 is 0 Å². The maximum absolute atomic E-state index is 12.5. The molecule has 0 unspecified atom stereocenters. The Kier molecular flexibility index (Phi) is 7.78. The number of benzene rings is 1. The standard InChI is InChI=1S/C20H32N2O4/c1-19(2,3)22-13-16(24)12-21-17(18(25)26-20(4,5)6)11-14-7-9-15(23)10-8-14/h7-10,17,21-23H,11-13H2,1-6H3/t17-/m0/s1. The van der Waals surface area contributed by atoms with Gasteiger partial charge in [-0.2, -0.15) is 0 Å². The molecule has 0 saturated heterocycles. The molecule has 26 heavy (non-hydrogen) atoms. The van der Waals surface area contributed by atoms with Crippen molar-refractivity contribution in [2.75, 3.05) is 13.1 Å². The molecule has 0 aliphatic rings. The van der Waals surface area contributed by atoms with Crippen molar-refractivity contribution in [3.8, 4) is 5.75 Å². The molecule has 0 radical (unpaired) electrons. The van der Waals surface area contributed by atoms with E-state index in [0.29, 0.717) is 6.42 Å². The van der Waals surface area contributed by atoms with Gasteiger partial charge in [0.25, 0.3) is 0 Å². The highest BCUT2D eigenvalue weighted by Gasteiger charge is 2.26. The minimum Gasteiger partial charge on any atom is -0.508 e. The van der Waals surface area contributed by atoms with Gasteiger partial charge in [0.1, 0.15) is 17.4 Å². The number of phenolic OH excluding ortho intramolecular Hbond substituents is 1. The molecule has 0 heterocycles. The van der Waals surface area contributed by atoms with Crippen molar-refractivity contribution >= 4 is 11.8 Å². The molecule has 1 aromatic carbocycles. The molecule has 0 aliphatic carbocycles. The number of aromatic hydroxyl groups is 1. The van der Waals surface area contributed by atoms with Gasteiger partial charge in [-0.25, -0.2) is 0 Å². The lowest BCUT2D eigenvalue weighted by Crippen LogP contribution is -2.47. The fraction of sp³-hybridized carbons (Fsp3) is 0.600. The van der Waals surface area contributed by atoms with Crippen molar-refractivity contribution in [2.24, 2.45) is 0 Å². The number of esters is 1. The van der Waals surface area contributed by atoms with E-state index in [2.05, 4.69) is 10.6 Å². The van der Waals surface area contributed by atoms with Crippen molar-refractivity contribution in [3.05, 3.63) is 29.8 Å². The normalized spacial score (nSPS) is 13.3. The van der Waals surface area contributed by atoms with Crippen LogP contribution in [0.1, 0.15) is 47.1 Å². The van der Waals surface area contributed by atoms with Gasteiger partial charge in [-0.1, -0.05) is 12.1 Å². The Hall–Kier alpha value is -1.92. The highest BCUT2D eigenvalue weighted by atomic mass is 16.6. The van der Waals surface area contributed by atoms with Crippen molar-refractivity contribution in [1.82, 2.24) is 10.6 Å². The number of Topliss-reactive ketones (excluding diaryl/α,β-unsaturated/α-hetero) is 1. The summed E-state index contributed by atoms with van der Waals surface area (Å²) in [6.07, 6.45) is 0.370. The summed E-state index contributed by atoms with van der Waals surface area (Å²) in [5.74, 6) is -0.264. The second-order valence-corrected chi connectivity index (χ2v) is 8.48. The number of hydrogen-bond acceptors (Lipinski definition) is 6. The number of rotatable bonds is 8. The predicted molar refractivity (Wildman–Crippen MR) is 102 cm³/mol. The number of ether oxygens (including phenoxy) is 1. The van der Waals surface area contributed by atoms with Gasteiger partial charge < -0.3 is 15.2 Å². The zero-order valence-corrected chi connectivity index (χ0v) is 16.7. The van der Waals surface area contributed by atoms with Gasteiger partial charge >= 0.3 is 5.97 Å². The highest BCUT2D eigenvalue weighted by molar-refractivity contribution is 5.84. The second-order valence-electron chi connectivity index (χ2n) is 8.48. The Morgan fingerprint density at radius 2 is 1.62 bits per heavy atom. The maximum atomic E-state index is 12.5. The van der Waals surface area contributed by atoms with Crippen LogP contribution in [0.25, 0.3) is 0 Å². The maximum Gasteiger partial charge on any atom is 0.324 e. The van der Waals surface area contributed by atoms with Crippen LogP contribution >= 0.6 is 0 Å². The topological polar surface area (TPSA) is 87.7 Å². The lowest BCUT2D eigenvalue weighted by Gasteiger charge is -2.25. The van der Waals surface area contributed by atoms with Gasteiger partial charge in [0.15, 0.2) is 5.78 Å². The van der Waals surface area contributed by atoms with E-state index in [1.807, 2.05) is 20.8 Å². The van der Waals surface area contributed by atoms with Crippen LogP contribution in [-0.4, -0.2) is 47.1 Å². The summed E-state index contributed by atoms with van der Waals surface area (Å²) in [4.78, 5) is 24.6. The minimum absolute atomic E-state index is 0.0285. The molecule has 6 heteroatoms. The van der Waals surface area contributed by atoms with Gasteiger partial charge in [-0.05, 0) is 65.7 Å². The van der Waals surface area contributed by atoms with Crippen LogP contribution < -0.4 is 10.6 Å². The molecule has 1 aromatic rings. The van der Waals surface area contributed by atoms with E-state index in [1.165, 1.54) is 0 Å². The first-order chi connectivity index (χ1) is 11.9. The highest BCUT2D eigenvalue weighted by Crippen LogP contribution is 2.14. The average molecular weight is 364 g/mol. The molecule has 0 fully saturated rings. The van der Waals surface area contributed by atoms with E-state index in [0.717, 1.165) is 5.56 Å². The first-order valence-electron chi connectivity index (χ1n) is 8.86. The van der Waals surface area contributed by atoms with Crippen molar-refractivity contribution in [1.29, 1.82) is 0 Å². The molecule has 0 saturated carbocycles. The molecule has 0 amide bonds. The van der Waals surface area contributed by atoms with E-state index in [-0.39, 0.29) is 30.2 Å². The Balaban J connectivity index is 2.72. The van der Waals surface area contributed by atoms with E-state index in [1.54, 1.807) is 45.0 Å². The van der Waals surface area contributed by atoms with E-state index in [4.69, 9.17) is 4.74 Å². The third kappa shape index (κ3) is 9.53. The first kappa shape index (κ1) is 22.1. The van der Waals surface area contributed by atoms with Gasteiger partial charge in [0.2, 0.25) is 0 Å². The van der Waals surface area contributed by atoms with Crippen molar-refractivity contribution < 1.29 is 19.4 Å². The largest absolute Gasteiger partial charge is 0.508 e. The molecular formula is C20H32N2O4. The molecule has 3 N–H and O–H groups in total. The lowest BCUT2D eigenvalue weighted by molar-refractivity contribution is -0.157. The molecule has 0 bridgehead atoms. The van der Waals surface area contributed by atoms with Crippen molar-refractivity contribution in [3.63, 3.8) is 0 Å². The summed E-state index contributed by atoms with van der Waals surface area (Å²) >= 11 is 0. The number of hydrogen-bond donors (Lipinski definition) is 3.